The van der Waals surface area contributed by atoms with Gasteiger partial charge in [-0.2, -0.15) is 0 Å². The minimum absolute atomic E-state index is 0.0341. The summed E-state index contributed by atoms with van der Waals surface area (Å²) in [5.74, 6) is 0.210. The normalized spacial score (nSPS) is 12.8. The van der Waals surface area contributed by atoms with Crippen molar-refractivity contribution in [3.63, 3.8) is 0 Å². The highest BCUT2D eigenvalue weighted by Crippen LogP contribution is 2.24. The van der Waals surface area contributed by atoms with Gasteiger partial charge in [0.25, 0.3) is 0 Å². The van der Waals surface area contributed by atoms with E-state index in [1.807, 2.05) is 27.7 Å². The van der Waals surface area contributed by atoms with Gasteiger partial charge in [0, 0.05) is 5.41 Å². The molecule has 0 rings (SSSR count). The van der Waals surface area contributed by atoms with Gasteiger partial charge in [-0.05, 0) is 5.92 Å². The lowest BCUT2D eigenvalue weighted by atomic mass is 9.82. The van der Waals surface area contributed by atoms with Crippen molar-refractivity contribution in [2.45, 2.75) is 33.8 Å². The van der Waals surface area contributed by atoms with Gasteiger partial charge in [-0.1, -0.05) is 27.7 Å². The van der Waals surface area contributed by atoms with E-state index in [-0.39, 0.29) is 17.9 Å². The first-order valence-corrected chi connectivity index (χ1v) is 4.16. The molecule has 3 N–H and O–H groups in total. The Morgan fingerprint density at radius 1 is 1.46 bits per heavy atom. The van der Waals surface area contributed by atoms with E-state index in [1.54, 1.807) is 0 Å². The topological polar surface area (TPSA) is 81.4 Å². The van der Waals surface area contributed by atoms with Gasteiger partial charge in [-0.3, -0.25) is 0 Å². The van der Waals surface area contributed by atoms with Crippen LogP contribution in [-0.2, 0) is 4.79 Å². The first-order chi connectivity index (χ1) is 5.83. The highest BCUT2D eigenvalue weighted by atomic mass is 16.3. The average Bonchev–Trinajstić information content (AvgIpc) is 2.04. The molecular weight excluding hydrogens is 170 g/mol. The fourth-order valence-corrected chi connectivity index (χ4v) is 0.996. The Morgan fingerprint density at radius 2 is 1.77 bits per heavy atom. The van der Waals surface area contributed by atoms with E-state index in [2.05, 4.69) is 0 Å². The number of rotatable bonds is 3. The number of hydrogen-bond acceptors (Lipinski definition) is 4. The zero-order valence-electron chi connectivity index (χ0n) is 8.66. The standard InChI is InChI=1S/C8H18O2.CHNO/c1-6(2)7(10)8(3,4)5-9;2-1-3/h6-7,9-10H,5H2,1-4H3;2H. The monoisotopic (exact) mass is 189 g/mol. The Balaban J connectivity index is 0. The zero-order valence-corrected chi connectivity index (χ0v) is 8.66. The highest BCUT2D eigenvalue weighted by molar-refractivity contribution is 5.26. The summed E-state index contributed by atoms with van der Waals surface area (Å²) in [6.45, 7) is 7.64. The molecule has 1 atom stereocenters. The highest BCUT2D eigenvalue weighted by Gasteiger charge is 2.28. The Hall–Kier alpha value is -0.700. The van der Waals surface area contributed by atoms with E-state index in [4.69, 9.17) is 15.3 Å². The van der Waals surface area contributed by atoms with Gasteiger partial charge in [0.1, 0.15) is 0 Å². The van der Waals surface area contributed by atoms with E-state index < -0.39 is 6.10 Å². The molecule has 78 valence electrons. The lowest BCUT2D eigenvalue weighted by molar-refractivity contribution is -0.0204. The first-order valence-electron chi connectivity index (χ1n) is 4.16. The third kappa shape index (κ3) is 6.46. The van der Waals surface area contributed by atoms with Gasteiger partial charge in [0.15, 0.2) is 0 Å². The molecule has 0 aromatic rings. The van der Waals surface area contributed by atoms with Crippen LogP contribution in [0.25, 0.3) is 0 Å². The van der Waals surface area contributed by atoms with Crippen molar-refractivity contribution in [2.24, 2.45) is 11.3 Å². The van der Waals surface area contributed by atoms with Gasteiger partial charge in [0.05, 0.1) is 12.7 Å². The van der Waals surface area contributed by atoms with Crippen LogP contribution < -0.4 is 0 Å². The van der Waals surface area contributed by atoms with Crippen molar-refractivity contribution in [2.75, 3.05) is 6.61 Å². The molecule has 0 amide bonds. The summed E-state index contributed by atoms with van der Waals surface area (Å²) in [7, 11) is 0. The van der Waals surface area contributed by atoms with Crippen molar-refractivity contribution in [3.05, 3.63) is 0 Å². The van der Waals surface area contributed by atoms with Gasteiger partial charge in [-0.25, -0.2) is 10.2 Å². The molecule has 0 saturated carbocycles. The van der Waals surface area contributed by atoms with Crippen LogP contribution in [0.15, 0.2) is 0 Å². The van der Waals surface area contributed by atoms with Crippen LogP contribution in [0, 0.1) is 16.7 Å². The smallest absolute Gasteiger partial charge is 0.231 e. The van der Waals surface area contributed by atoms with Gasteiger partial charge < -0.3 is 10.2 Å². The lowest BCUT2D eigenvalue weighted by Gasteiger charge is -2.30. The van der Waals surface area contributed by atoms with Crippen LogP contribution in [-0.4, -0.2) is 29.0 Å². The molecule has 4 heteroatoms. The number of hydrogen-bond donors (Lipinski definition) is 3. The van der Waals surface area contributed by atoms with Crippen molar-refractivity contribution in [1.82, 2.24) is 0 Å². The fraction of sp³-hybridized carbons (Fsp3) is 0.889. The second-order valence-electron chi connectivity index (χ2n) is 3.94. The molecule has 0 aromatic carbocycles. The Bertz CT molecular complexity index is 160. The molecule has 0 spiro atoms. The molecule has 0 aliphatic carbocycles. The van der Waals surface area contributed by atoms with Crippen LogP contribution in [0.3, 0.4) is 0 Å². The summed E-state index contributed by atoms with van der Waals surface area (Å²) < 4.78 is 0. The number of isocyanates is 1. The molecule has 13 heavy (non-hydrogen) atoms. The molecule has 0 aliphatic rings. The molecule has 0 fully saturated rings. The van der Waals surface area contributed by atoms with Crippen LogP contribution in [0.5, 0.6) is 0 Å². The molecule has 0 aromatic heterocycles. The molecule has 0 bridgehead atoms. The minimum atomic E-state index is -0.419. The summed E-state index contributed by atoms with van der Waals surface area (Å²) in [4.78, 5) is 8.35. The maximum absolute atomic E-state index is 9.49. The fourth-order valence-electron chi connectivity index (χ4n) is 0.996. The van der Waals surface area contributed by atoms with E-state index in [0.717, 1.165) is 6.08 Å². The van der Waals surface area contributed by atoms with Crippen molar-refractivity contribution in [3.8, 4) is 0 Å². The van der Waals surface area contributed by atoms with Crippen LogP contribution in [0.1, 0.15) is 27.7 Å². The van der Waals surface area contributed by atoms with Gasteiger partial charge >= 0.3 is 0 Å². The van der Waals surface area contributed by atoms with Crippen molar-refractivity contribution in [1.29, 1.82) is 5.41 Å². The predicted octanol–water partition coefficient (Wildman–Crippen LogP) is 0.923. The summed E-state index contributed by atoms with van der Waals surface area (Å²) in [5, 5.41) is 23.8. The van der Waals surface area contributed by atoms with E-state index in [0.29, 0.717) is 0 Å². The number of aliphatic hydroxyl groups excluding tert-OH is 2. The SMILES string of the molecule is CC(C)C(O)C(C)(C)CO.N=C=O. The molecule has 4 nitrogen and oxygen atoms in total. The van der Waals surface area contributed by atoms with Gasteiger partial charge in [0.2, 0.25) is 6.08 Å². The van der Waals surface area contributed by atoms with Crippen molar-refractivity contribution < 1.29 is 15.0 Å². The Labute approximate surface area is 79.1 Å². The summed E-state index contributed by atoms with van der Waals surface area (Å²) in [6.07, 6.45) is 0.331. The summed E-state index contributed by atoms with van der Waals surface area (Å²) >= 11 is 0. The van der Waals surface area contributed by atoms with Crippen LogP contribution >= 0.6 is 0 Å². The Morgan fingerprint density at radius 3 is 1.85 bits per heavy atom. The number of carbonyl (C=O) groups excluding carboxylic acids is 1. The maximum atomic E-state index is 9.49. The van der Waals surface area contributed by atoms with Gasteiger partial charge in [-0.15, -0.1) is 0 Å². The van der Waals surface area contributed by atoms with Crippen LogP contribution in [0.2, 0.25) is 0 Å². The summed E-state index contributed by atoms with van der Waals surface area (Å²) in [6, 6.07) is 0. The minimum Gasteiger partial charge on any atom is -0.396 e. The first kappa shape index (κ1) is 14.8. The lowest BCUT2D eigenvalue weighted by Crippen LogP contribution is -2.36. The summed E-state index contributed by atoms with van der Waals surface area (Å²) in [5.41, 5.74) is -0.367. The zero-order chi connectivity index (χ0) is 11.1. The molecule has 0 heterocycles. The second-order valence-corrected chi connectivity index (χ2v) is 3.94. The number of nitrogens with one attached hydrogen (secondary N) is 1. The third-order valence-electron chi connectivity index (χ3n) is 1.84. The Kier molecular flexibility index (Phi) is 7.72. The predicted molar refractivity (Wildman–Crippen MR) is 50.1 cm³/mol. The van der Waals surface area contributed by atoms with E-state index >= 15 is 0 Å². The third-order valence-corrected chi connectivity index (χ3v) is 1.84. The maximum Gasteiger partial charge on any atom is 0.231 e. The average molecular weight is 189 g/mol. The molecule has 0 saturated heterocycles. The molecule has 1 unspecified atom stereocenters. The second kappa shape index (κ2) is 6.78. The molecular formula is C9H19NO3. The van der Waals surface area contributed by atoms with Crippen molar-refractivity contribution >= 4 is 6.08 Å². The number of aliphatic hydroxyl groups is 2. The van der Waals surface area contributed by atoms with E-state index in [1.165, 1.54) is 0 Å². The molecule has 0 aliphatic heterocycles. The van der Waals surface area contributed by atoms with Crippen LogP contribution in [0.4, 0.5) is 0 Å². The van der Waals surface area contributed by atoms with E-state index in [9.17, 15) is 5.11 Å². The largest absolute Gasteiger partial charge is 0.396 e. The quantitative estimate of drug-likeness (QED) is 0.456. The molecule has 0 radical (unpaired) electrons.